The molecule has 5 heteroatoms. The number of hydrogen-bond donors (Lipinski definition) is 0. The Labute approximate surface area is 215 Å². The largest absolute Gasteiger partial charge is 0.457 e. The summed E-state index contributed by atoms with van der Waals surface area (Å²) in [6.45, 7) is 10.2. The Morgan fingerprint density at radius 3 is 2.40 bits per heavy atom. The van der Waals surface area contributed by atoms with Crippen LogP contribution >= 0.6 is 11.6 Å². The first-order valence-electron chi connectivity index (χ1n) is 13.1. The van der Waals surface area contributed by atoms with Gasteiger partial charge in [0.1, 0.15) is 18.2 Å². The van der Waals surface area contributed by atoms with Crippen LogP contribution in [0, 0.1) is 17.3 Å². The average molecular weight is 498 g/mol. The Morgan fingerprint density at radius 1 is 1.03 bits per heavy atom. The first-order valence-corrected chi connectivity index (χ1v) is 13.5. The number of likely N-dealkylation sites (N-methyl/N-ethyl adjacent to an activating group) is 1. The van der Waals surface area contributed by atoms with Crippen LogP contribution in [0.25, 0.3) is 0 Å². The third-order valence-electron chi connectivity index (χ3n) is 8.06. The van der Waals surface area contributed by atoms with Gasteiger partial charge in [-0.1, -0.05) is 57.5 Å². The molecule has 0 aromatic heterocycles. The number of nitrogens with zero attached hydrogens (tertiary/aromatic N) is 1. The summed E-state index contributed by atoms with van der Waals surface area (Å²) < 4.78 is 12.2. The maximum absolute atomic E-state index is 12.8. The number of hydrogen-bond acceptors (Lipinski definition) is 4. The second-order valence-electron chi connectivity index (χ2n) is 11.5. The fourth-order valence-electron chi connectivity index (χ4n) is 5.94. The molecule has 0 saturated heterocycles. The molecule has 0 amide bonds. The number of fused-ring (bicyclic) bond motifs is 2. The van der Waals surface area contributed by atoms with Crippen molar-refractivity contribution in [2.24, 2.45) is 17.3 Å². The second kappa shape index (κ2) is 10.9. The topological polar surface area (TPSA) is 38.8 Å². The van der Waals surface area contributed by atoms with Gasteiger partial charge in [0.05, 0.1) is 5.92 Å². The molecule has 4 rings (SSSR count). The number of para-hydroxylation sites is 1. The van der Waals surface area contributed by atoms with Gasteiger partial charge in [-0.15, -0.1) is 0 Å². The zero-order valence-electron chi connectivity index (χ0n) is 21.9. The number of carbonyl (C=O) groups excluding carboxylic acids is 1. The molecule has 4 nitrogen and oxygen atoms in total. The zero-order valence-corrected chi connectivity index (χ0v) is 22.6. The van der Waals surface area contributed by atoms with Crippen molar-refractivity contribution in [3.63, 3.8) is 0 Å². The standard InChI is InChI=1S/C30H40ClNO3/c1-6-23-25-17-22(31)15-16-28(25)35-27-10-8-7-9-24(27)26(23)18-32(5)19-34-29(33)20-11-13-21(14-12-20)30(2,3)4/h7-10,15-17,20-21,23,26H,6,11-14,18-19H2,1-5H3/t20-,21-,23?,26?. The van der Waals surface area contributed by atoms with Crippen molar-refractivity contribution < 1.29 is 14.3 Å². The summed E-state index contributed by atoms with van der Waals surface area (Å²) in [5.74, 6) is 2.88. The van der Waals surface area contributed by atoms with E-state index in [-0.39, 0.29) is 23.7 Å². The SMILES string of the molecule is CCC1c2cc(Cl)ccc2Oc2ccccc2C1CN(C)COC(=O)[C@H]1CC[C@H](C(C)(C)C)CC1. The first-order chi connectivity index (χ1) is 16.7. The molecule has 0 N–H and O–H groups in total. The van der Waals surface area contributed by atoms with Gasteiger partial charge in [-0.05, 0) is 91.8 Å². The summed E-state index contributed by atoms with van der Waals surface area (Å²) in [4.78, 5) is 15.0. The van der Waals surface area contributed by atoms with Gasteiger partial charge < -0.3 is 9.47 Å². The molecular weight excluding hydrogens is 458 g/mol. The highest BCUT2D eigenvalue weighted by atomic mass is 35.5. The molecule has 1 saturated carbocycles. The van der Waals surface area contributed by atoms with E-state index in [0.29, 0.717) is 18.1 Å². The second-order valence-corrected chi connectivity index (χ2v) is 11.9. The predicted molar refractivity (Wildman–Crippen MR) is 142 cm³/mol. The van der Waals surface area contributed by atoms with Crippen molar-refractivity contribution in [3.05, 3.63) is 58.6 Å². The Morgan fingerprint density at radius 2 is 1.71 bits per heavy atom. The molecule has 0 radical (unpaired) electrons. The lowest BCUT2D eigenvalue weighted by Crippen LogP contribution is -2.34. The number of ether oxygens (including phenoxy) is 2. The average Bonchev–Trinajstić information content (AvgIpc) is 2.96. The lowest BCUT2D eigenvalue weighted by Gasteiger charge is -2.36. The van der Waals surface area contributed by atoms with Crippen LogP contribution in [0.1, 0.15) is 82.8 Å². The molecular formula is C30H40ClNO3. The maximum atomic E-state index is 12.8. The third kappa shape index (κ3) is 6.03. The highest BCUT2D eigenvalue weighted by Gasteiger charge is 2.34. The molecule has 2 aromatic carbocycles. The molecule has 2 aliphatic rings. The fourth-order valence-corrected chi connectivity index (χ4v) is 6.12. The van der Waals surface area contributed by atoms with E-state index in [0.717, 1.165) is 60.7 Å². The highest BCUT2D eigenvalue weighted by Crippen LogP contribution is 2.48. The molecule has 1 aliphatic carbocycles. The van der Waals surface area contributed by atoms with Crippen LogP contribution in [-0.2, 0) is 9.53 Å². The summed E-state index contributed by atoms with van der Waals surface area (Å²) >= 11 is 6.39. The molecule has 1 heterocycles. The van der Waals surface area contributed by atoms with Crippen LogP contribution in [0.15, 0.2) is 42.5 Å². The molecule has 0 bridgehead atoms. The van der Waals surface area contributed by atoms with E-state index in [1.807, 2.05) is 37.4 Å². The van der Waals surface area contributed by atoms with Crippen molar-refractivity contribution in [1.82, 2.24) is 4.90 Å². The molecule has 0 spiro atoms. The van der Waals surface area contributed by atoms with Crippen molar-refractivity contribution in [2.75, 3.05) is 20.3 Å². The van der Waals surface area contributed by atoms with E-state index in [2.05, 4.69) is 44.7 Å². The number of rotatable bonds is 6. The number of benzene rings is 2. The Kier molecular flexibility index (Phi) is 8.12. The van der Waals surface area contributed by atoms with E-state index in [1.54, 1.807) is 0 Å². The molecule has 2 aromatic rings. The molecule has 1 fully saturated rings. The Balaban J connectivity index is 1.43. The third-order valence-corrected chi connectivity index (χ3v) is 8.29. The van der Waals surface area contributed by atoms with E-state index in [9.17, 15) is 4.79 Å². The molecule has 190 valence electrons. The minimum atomic E-state index is -0.0435. The monoisotopic (exact) mass is 497 g/mol. The Hall–Kier alpha value is -2.04. The summed E-state index contributed by atoms with van der Waals surface area (Å²) in [6, 6.07) is 14.2. The number of halogens is 1. The lowest BCUT2D eigenvalue weighted by atomic mass is 9.70. The van der Waals surface area contributed by atoms with Crippen LogP contribution < -0.4 is 4.74 Å². The Bertz CT molecular complexity index is 1020. The van der Waals surface area contributed by atoms with E-state index >= 15 is 0 Å². The van der Waals surface area contributed by atoms with Gasteiger partial charge in [-0.3, -0.25) is 9.69 Å². The quantitative estimate of drug-likeness (QED) is 0.299. The van der Waals surface area contributed by atoms with E-state index in [4.69, 9.17) is 21.1 Å². The summed E-state index contributed by atoms with van der Waals surface area (Å²) in [7, 11) is 2.03. The van der Waals surface area contributed by atoms with Crippen LogP contribution in [0.4, 0.5) is 0 Å². The molecule has 1 aliphatic heterocycles. The minimum Gasteiger partial charge on any atom is -0.457 e. The molecule has 2 atom stereocenters. The normalized spacial score (nSPS) is 24.2. The van der Waals surface area contributed by atoms with Crippen molar-refractivity contribution >= 4 is 17.6 Å². The van der Waals surface area contributed by atoms with Gasteiger partial charge in [-0.25, -0.2) is 0 Å². The molecule has 2 unspecified atom stereocenters. The summed E-state index contributed by atoms with van der Waals surface area (Å²) in [6.07, 6.45) is 5.05. The van der Waals surface area contributed by atoms with Crippen molar-refractivity contribution in [1.29, 1.82) is 0 Å². The van der Waals surface area contributed by atoms with Gasteiger partial charge in [0.25, 0.3) is 0 Å². The number of carbonyl (C=O) groups is 1. The zero-order chi connectivity index (χ0) is 25.2. The van der Waals surface area contributed by atoms with E-state index in [1.165, 1.54) is 5.56 Å². The van der Waals surface area contributed by atoms with Crippen molar-refractivity contribution in [3.8, 4) is 11.5 Å². The smallest absolute Gasteiger partial charge is 0.310 e. The van der Waals surface area contributed by atoms with Gasteiger partial charge in [0, 0.05) is 17.5 Å². The highest BCUT2D eigenvalue weighted by molar-refractivity contribution is 6.30. The summed E-state index contributed by atoms with van der Waals surface area (Å²) in [5.41, 5.74) is 2.64. The minimum absolute atomic E-state index is 0.0337. The van der Waals surface area contributed by atoms with Gasteiger partial charge in [0.15, 0.2) is 0 Å². The maximum Gasteiger partial charge on any atom is 0.310 e. The lowest BCUT2D eigenvalue weighted by molar-refractivity contribution is -0.154. The first kappa shape index (κ1) is 26.0. The van der Waals surface area contributed by atoms with Crippen molar-refractivity contribution in [2.45, 2.75) is 71.6 Å². The predicted octanol–water partition coefficient (Wildman–Crippen LogP) is 8.01. The van der Waals surface area contributed by atoms with Crippen LogP contribution in [0.3, 0.4) is 0 Å². The fraction of sp³-hybridized carbons (Fsp3) is 0.567. The summed E-state index contributed by atoms with van der Waals surface area (Å²) in [5, 5.41) is 0.721. The van der Waals surface area contributed by atoms with Gasteiger partial charge in [-0.2, -0.15) is 0 Å². The van der Waals surface area contributed by atoms with E-state index < -0.39 is 0 Å². The van der Waals surface area contributed by atoms with Gasteiger partial charge in [0.2, 0.25) is 0 Å². The van der Waals surface area contributed by atoms with Crippen LogP contribution in [-0.4, -0.2) is 31.2 Å². The molecule has 35 heavy (non-hydrogen) atoms. The number of esters is 1. The van der Waals surface area contributed by atoms with Crippen LogP contribution in [0.2, 0.25) is 5.02 Å². The van der Waals surface area contributed by atoms with Gasteiger partial charge >= 0.3 is 5.97 Å². The van der Waals surface area contributed by atoms with Crippen LogP contribution in [0.5, 0.6) is 11.5 Å².